The average Bonchev–Trinajstić information content (AvgIpc) is 2.98. The fourth-order valence-electron chi connectivity index (χ4n) is 2.25. The van der Waals surface area contributed by atoms with Gasteiger partial charge in [-0.1, -0.05) is 13.8 Å². The molecule has 3 rings (SSSR count). The van der Waals surface area contributed by atoms with Gasteiger partial charge in [-0.05, 0) is 41.6 Å². The van der Waals surface area contributed by atoms with Crippen molar-refractivity contribution in [2.45, 2.75) is 20.3 Å². The van der Waals surface area contributed by atoms with E-state index in [2.05, 4.69) is 20.6 Å². The Bertz CT molecular complexity index is 811. The van der Waals surface area contributed by atoms with Gasteiger partial charge in [0, 0.05) is 17.8 Å². The van der Waals surface area contributed by atoms with Gasteiger partial charge >= 0.3 is 0 Å². The van der Waals surface area contributed by atoms with E-state index in [1.165, 1.54) is 0 Å². The fourth-order valence-corrected chi connectivity index (χ4v) is 2.98. The Labute approximate surface area is 138 Å². The van der Waals surface area contributed by atoms with Crippen LogP contribution in [-0.4, -0.2) is 15.9 Å². The molecule has 0 aliphatic heterocycles. The van der Waals surface area contributed by atoms with Crippen LogP contribution in [-0.2, 0) is 4.79 Å². The molecule has 3 aromatic rings. The standard InChI is InChI=1S/C17H18N4OS/c1-11(2)9-15(22)20-12-3-5-13(6-4-12)21-16-14-7-8-23-17(14)19-10-18-16/h3-8,10-11H,9H2,1-2H3,(H,20,22)(H,18,19,21). The van der Waals surface area contributed by atoms with Crippen LogP contribution in [0.4, 0.5) is 17.2 Å². The zero-order chi connectivity index (χ0) is 16.2. The smallest absolute Gasteiger partial charge is 0.224 e. The number of nitrogens with zero attached hydrogens (tertiary/aromatic N) is 2. The number of carbonyl (C=O) groups is 1. The summed E-state index contributed by atoms with van der Waals surface area (Å²) in [5.41, 5.74) is 1.71. The van der Waals surface area contributed by atoms with E-state index in [9.17, 15) is 4.79 Å². The molecule has 1 amide bonds. The summed E-state index contributed by atoms with van der Waals surface area (Å²) < 4.78 is 0. The zero-order valence-corrected chi connectivity index (χ0v) is 13.9. The first-order valence-corrected chi connectivity index (χ1v) is 8.35. The van der Waals surface area contributed by atoms with E-state index in [0.717, 1.165) is 27.4 Å². The van der Waals surface area contributed by atoms with E-state index >= 15 is 0 Å². The largest absolute Gasteiger partial charge is 0.340 e. The van der Waals surface area contributed by atoms with Gasteiger partial charge < -0.3 is 10.6 Å². The van der Waals surface area contributed by atoms with Crippen molar-refractivity contribution in [3.05, 3.63) is 42.0 Å². The van der Waals surface area contributed by atoms with Gasteiger partial charge in [0.15, 0.2) is 0 Å². The lowest BCUT2D eigenvalue weighted by Gasteiger charge is -2.09. The third-order valence-corrected chi connectivity index (χ3v) is 4.11. The highest BCUT2D eigenvalue weighted by Crippen LogP contribution is 2.26. The number of nitrogens with one attached hydrogen (secondary N) is 2. The van der Waals surface area contributed by atoms with E-state index in [0.29, 0.717) is 12.3 Å². The van der Waals surface area contributed by atoms with Crippen molar-refractivity contribution in [3.63, 3.8) is 0 Å². The number of fused-ring (bicyclic) bond motifs is 1. The van der Waals surface area contributed by atoms with Gasteiger partial charge in [-0.25, -0.2) is 9.97 Å². The Hall–Kier alpha value is -2.47. The fraction of sp³-hybridized carbons (Fsp3) is 0.235. The number of aromatic nitrogens is 2. The highest BCUT2D eigenvalue weighted by Gasteiger charge is 2.07. The zero-order valence-electron chi connectivity index (χ0n) is 13.0. The first kappa shape index (κ1) is 15.4. The molecule has 0 saturated carbocycles. The van der Waals surface area contributed by atoms with Crippen LogP contribution in [0.25, 0.3) is 10.2 Å². The SMILES string of the molecule is CC(C)CC(=O)Nc1ccc(Nc2ncnc3sccc23)cc1. The molecule has 0 aliphatic carbocycles. The molecule has 23 heavy (non-hydrogen) atoms. The Kier molecular flexibility index (Phi) is 4.52. The Balaban J connectivity index is 1.70. The maximum absolute atomic E-state index is 11.8. The van der Waals surface area contributed by atoms with E-state index in [1.807, 2.05) is 49.6 Å². The number of anilines is 3. The number of hydrogen-bond donors (Lipinski definition) is 2. The summed E-state index contributed by atoms with van der Waals surface area (Å²) in [5, 5.41) is 9.19. The lowest BCUT2D eigenvalue weighted by molar-refractivity contribution is -0.116. The molecule has 2 heterocycles. The molecule has 6 heteroatoms. The molecular weight excluding hydrogens is 308 g/mol. The van der Waals surface area contributed by atoms with Crippen molar-refractivity contribution in [3.8, 4) is 0 Å². The van der Waals surface area contributed by atoms with Crippen molar-refractivity contribution in [2.75, 3.05) is 10.6 Å². The van der Waals surface area contributed by atoms with Crippen molar-refractivity contribution >= 4 is 44.7 Å². The average molecular weight is 326 g/mol. The van der Waals surface area contributed by atoms with Crippen molar-refractivity contribution in [1.82, 2.24) is 9.97 Å². The lowest BCUT2D eigenvalue weighted by Crippen LogP contribution is -2.13. The van der Waals surface area contributed by atoms with Crippen LogP contribution in [0.15, 0.2) is 42.0 Å². The van der Waals surface area contributed by atoms with Crippen molar-refractivity contribution in [1.29, 1.82) is 0 Å². The molecule has 2 aromatic heterocycles. The molecule has 0 saturated heterocycles. The summed E-state index contributed by atoms with van der Waals surface area (Å²) in [5.74, 6) is 1.17. The predicted molar refractivity (Wildman–Crippen MR) is 95.2 cm³/mol. The second-order valence-electron chi connectivity index (χ2n) is 5.71. The van der Waals surface area contributed by atoms with Gasteiger partial charge in [0.05, 0.1) is 5.39 Å². The second-order valence-corrected chi connectivity index (χ2v) is 6.60. The van der Waals surface area contributed by atoms with Crippen LogP contribution in [0.5, 0.6) is 0 Å². The number of hydrogen-bond acceptors (Lipinski definition) is 5. The summed E-state index contributed by atoms with van der Waals surface area (Å²) in [6.45, 7) is 4.05. The minimum absolute atomic E-state index is 0.0384. The van der Waals surface area contributed by atoms with E-state index < -0.39 is 0 Å². The minimum Gasteiger partial charge on any atom is -0.340 e. The molecule has 0 aliphatic rings. The second kappa shape index (κ2) is 6.75. The van der Waals surface area contributed by atoms with Crippen molar-refractivity contribution < 1.29 is 4.79 Å². The van der Waals surface area contributed by atoms with Crippen LogP contribution >= 0.6 is 11.3 Å². The van der Waals surface area contributed by atoms with Crippen LogP contribution < -0.4 is 10.6 Å². The third-order valence-electron chi connectivity index (χ3n) is 3.29. The van der Waals surface area contributed by atoms with Gasteiger partial charge in [0.2, 0.25) is 5.91 Å². The van der Waals surface area contributed by atoms with Gasteiger partial charge in [-0.2, -0.15) is 0 Å². The summed E-state index contributed by atoms with van der Waals surface area (Å²) in [6, 6.07) is 9.61. The van der Waals surface area contributed by atoms with Gasteiger partial charge in [-0.3, -0.25) is 4.79 Å². The van der Waals surface area contributed by atoms with Gasteiger partial charge in [0.1, 0.15) is 17.0 Å². The molecule has 0 atom stereocenters. The van der Waals surface area contributed by atoms with Gasteiger partial charge in [-0.15, -0.1) is 11.3 Å². The molecule has 0 radical (unpaired) electrons. The van der Waals surface area contributed by atoms with Crippen LogP contribution in [0.2, 0.25) is 0 Å². The molecule has 5 nitrogen and oxygen atoms in total. The van der Waals surface area contributed by atoms with Crippen molar-refractivity contribution in [2.24, 2.45) is 5.92 Å². The Morgan fingerprint density at radius 3 is 2.61 bits per heavy atom. The number of benzene rings is 1. The minimum atomic E-state index is 0.0384. The summed E-state index contributed by atoms with van der Waals surface area (Å²) in [7, 11) is 0. The third kappa shape index (κ3) is 3.84. The molecule has 0 fully saturated rings. The predicted octanol–water partition coefficient (Wildman–Crippen LogP) is 4.42. The summed E-state index contributed by atoms with van der Waals surface area (Å²) in [6.07, 6.45) is 2.08. The molecule has 118 valence electrons. The highest BCUT2D eigenvalue weighted by atomic mass is 32.1. The van der Waals surface area contributed by atoms with Crippen LogP contribution in [0.3, 0.4) is 0 Å². The normalized spacial score (nSPS) is 10.9. The topological polar surface area (TPSA) is 66.9 Å². The molecule has 1 aromatic carbocycles. The van der Waals surface area contributed by atoms with Gasteiger partial charge in [0.25, 0.3) is 0 Å². The summed E-state index contributed by atoms with van der Waals surface area (Å²) >= 11 is 1.59. The Morgan fingerprint density at radius 2 is 1.87 bits per heavy atom. The van der Waals surface area contributed by atoms with E-state index in [-0.39, 0.29) is 5.91 Å². The van der Waals surface area contributed by atoms with E-state index in [4.69, 9.17) is 0 Å². The summed E-state index contributed by atoms with van der Waals surface area (Å²) in [4.78, 5) is 21.3. The molecular formula is C17H18N4OS. The molecule has 2 N–H and O–H groups in total. The number of carbonyl (C=O) groups excluding carboxylic acids is 1. The van der Waals surface area contributed by atoms with E-state index in [1.54, 1.807) is 17.7 Å². The first-order chi connectivity index (χ1) is 11.1. The highest BCUT2D eigenvalue weighted by molar-refractivity contribution is 7.16. The van der Waals surface area contributed by atoms with Crippen LogP contribution in [0, 0.1) is 5.92 Å². The number of rotatable bonds is 5. The molecule has 0 unspecified atom stereocenters. The Morgan fingerprint density at radius 1 is 1.13 bits per heavy atom. The quantitative estimate of drug-likeness (QED) is 0.728. The molecule has 0 spiro atoms. The lowest BCUT2D eigenvalue weighted by atomic mass is 10.1. The van der Waals surface area contributed by atoms with Crippen LogP contribution in [0.1, 0.15) is 20.3 Å². The number of amides is 1. The molecule has 0 bridgehead atoms. The number of thiophene rings is 1. The first-order valence-electron chi connectivity index (χ1n) is 7.47. The maximum Gasteiger partial charge on any atom is 0.224 e. The maximum atomic E-state index is 11.8. The monoisotopic (exact) mass is 326 g/mol.